The van der Waals surface area contributed by atoms with E-state index in [2.05, 4.69) is 27.1 Å². The highest BCUT2D eigenvalue weighted by Crippen LogP contribution is 2.27. The Morgan fingerprint density at radius 1 is 1.07 bits per heavy atom. The van der Waals surface area contributed by atoms with Gasteiger partial charge in [0.1, 0.15) is 11.5 Å². The number of likely N-dealkylation sites (N-methyl/N-ethyl adjacent to an activating group) is 1. The Balaban J connectivity index is 1.75. The maximum absolute atomic E-state index is 12.5. The van der Waals surface area contributed by atoms with Gasteiger partial charge < -0.3 is 9.80 Å². The molecule has 0 atom stereocenters. The highest BCUT2D eigenvalue weighted by molar-refractivity contribution is 6.06. The molecule has 0 aliphatic carbocycles. The van der Waals surface area contributed by atoms with Gasteiger partial charge in [0.05, 0.1) is 16.6 Å². The lowest BCUT2D eigenvalue weighted by Gasteiger charge is -2.22. The van der Waals surface area contributed by atoms with Crippen LogP contribution in [-0.4, -0.2) is 58.4 Å². The molecule has 150 valence electrons. The molecule has 1 fully saturated rings. The van der Waals surface area contributed by atoms with Gasteiger partial charge in [-0.15, -0.1) is 0 Å². The van der Waals surface area contributed by atoms with E-state index >= 15 is 0 Å². The van der Waals surface area contributed by atoms with Crippen LogP contribution >= 0.6 is 0 Å². The van der Waals surface area contributed by atoms with Crippen molar-refractivity contribution >= 4 is 39.4 Å². The smallest absolute Gasteiger partial charge is 0.268 e. The third kappa shape index (κ3) is 3.00. The second kappa shape index (κ2) is 7.28. The SMILES string of the molecule is CN1CCCN(c2ccc3cc(C(=O)NC#N)c4nc5ccccc5n4c3n2)CC1. The predicted molar refractivity (Wildman–Crippen MR) is 115 cm³/mol. The molecule has 0 unspecified atom stereocenters. The van der Waals surface area contributed by atoms with Crippen LogP contribution in [0.15, 0.2) is 42.5 Å². The lowest BCUT2D eigenvalue weighted by atomic mass is 10.2. The Hall–Kier alpha value is -3.70. The molecule has 0 radical (unpaired) electrons. The molecule has 1 N–H and O–H groups in total. The van der Waals surface area contributed by atoms with Crippen LogP contribution in [0.25, 0.3) is 27.7 Å². The number of nitriles is 1. The van der Waals surface area contributed by atoms with Gasteiger partial charge in [0.2, 0.25) is 0 Å². The van der Waals surface area contributed by atoms with Crippen molar-refractivity contribution in [2.45, 2.75) is 6.42 Å². The summed E-state index contributed by atoms with van der Waals surface area (Å²) in [6, 6.07) is 13.5. The number of nitrogens with one attached hydrogen (secondary N) is 1. The second-order valence-corrected chi connectivity index (χ2v) is 7.61. The van der Waals surface area contributed by atoms with Crippen molar-refractivity contribution in [2.24, 2.45) is 0 Å². The van der Waals surface area contributed by atoms with Crippen LogP contribution in [0.1, 0.15) is 16.8 Å². The molecule has 0 saturated carbocycles. The van der Waals surface area contributed by atoms with Crippen molar-refractivity contribution in [1.82, 2.24) is 24.6 Å². The van der Waals surface area contributed by atoms with E-state index in [0.29, 0.717) is 11.2 Å². The molecule has 3 aromatic heterocycles. The molecule has 30 heavy (non-hydrogen) atoms. The van der Waals surface area contributed by atoms with Crippen molar-refractivity contribution in [2.75, 3.05) is 38.1 Å². The highest BCUT2D eigenvalue weighted by atomic mass is 16.1. The van der Waals surface area contributed by atoms with E-state index in [1.807, 2.05) is 40.8 Å². The summed E-state index contributed by atoms with van der Waals surface area (Å²) in [7, 11) is 2.15. The van der Waals surface area contributed by atoms with Gasteiger partial charge in [0.15, 0.2) is 11.8 Å². The maximum atomic E-state index is 12.5. The normalized spacial score (nSPS) is 15.4. The molecule has 4 aromatic rings. The monoisotopic (exact) mass is 399 g/mol. The fourth-order valence-corrected chi connectivity index (χ4v) is 4.12. The number of carbonyl (C=O) groups is 1. The Morgan fingerprint density at radius 3 is 2.80 bits per heavy atom. The molecular weight excluding hydrogens is 378 g/mol. The molecule has 8 nitrogen and oxygen atoms in total. The van der Waals surface area contributed by atoms with Crippen molar-refractivity contribution in [3.63, 3.8) is 0 Å². The number of pyridine rings is 2. The summed E-state index contributed by atoms with van der Waals surface area (Å²) in [4.78, 5) is 26.9. The molecular formula is C22H21N7O. The quantitative estimate of drug-likeness (QED) is 0.411. The topological polar surface area (TPSA) is 89.6 Å². The summed E-state index contributed by atoms with van der Waals surface area (Å²) < 4.78 is 1.92. The summed E-state index contributed by atoms with van der Waals surface area (Å²) in [5.41, 5.74) is 3.26. The molecule has 1 aliphatic rings. The van der Waals surface area contributed by atoms with E-state index in [4.69, 9.17) is 10.2 Å². The fraction of sp³-hybridized carbons (Fsp3) is 0.273. The standard InChI is InChI=1S/C22H21N7O/c1-27-9-4-10-28(12-11-27)19-8-7-15-13-16(22(30)24-14-23)21-25-17-5-2-3-6-18(17)29(21)20(15)26-19/h2-3,5-8,13H,4,9-12H2,1H3,(H,24,30). The number of imidazole rings is 1. The molecule has 1 amide bonds. The third-order valence-electron chi connectivity index (χ3n) is 5.66. The van der Waals surface area contributed by atoms with Crippen molar-refractivity contribution < 1.29 is 4.79 Å². The Kier molecular flexibility index (Phi) is 4.45. The van der Waals surface area contributed by atoms with Gasteiger partial charge in [-0.1, -0.05) is 12.1 Å². The maximum Gasteiger partial charge on any atom is 0.268 e. The van der Waals surface area contributed by atoms with Gasteiger partial charge in [-0.05, 0) is 50.3 Å². The lowest BCUT2D eigenvalue weighted by Crippen LogP contribution is -2.29. The van der Waals surface area contributed by atoms with Gasteiger partial charge in [0, 0.05) is 25.0 Å². The largest absolute Gasteiger partial charge is 0.355 e. The number of amides is 1. The first-order valence-corrected chi connectivity index (χ1v) is 9.99. The number of fused-ring (bicyclic) bond motifs is 5. The van der Waals surface area contributed by atoms with Crippen LogP contribution in [0.3, 0.4) is 0 Å². The summed E-state index contributed by atoms with van der Waals surface area (Å²) in [6.45, 7) is 3.96. The first-order chi connectivity index (χ1) is 14.7. The fourth-order valence-electron chi connectivity index (χ4n) is 4.12. The van der Waals surface area contributed by atoms with Crippen molar-refractivity contribution in [1.29, 1.82) is 5.26 Å². The predicted octanol–water partition coefficient (Wildman–Crippen LogP) is 2.39. The zero-order chi connectivity index (χ0) is 20.7. The average molecular weight is 399 g/mol. The van der Waals surface area contributed by atoms with E-state index in [1.54, 1.807) is 12.3 Å². The van der Waals surface area contributed by atoms with Crippen LogP contribution < -0.4 is 10.2 Å². The summed E-state index contributed by atoms with van der Waals surface area (Å²) >= 11 is 0. The third-order valence-corrected chi connectivity index (χ3v) is 5.66. The van der Waals surface area contributed by atoms with Gasteiger partial charge in [-0.3, -0.25) is 14.5 Å². The number of hydrogen-bond acceptors (Lipinski definition) is 6. The minimum atomic E-state index is -0.473. The van der Waals surface area contributed by atoms with Gasteiger partial charge >= 0.3 is 0 Å². The van der Waals surface area contributed by atoms with Gasteiger partial charge in [-0.2, -0.15) is 5.26 Å². The number of para-hydroxylation sites is 2. The number of rotatable bonds is 2. The Bertz CT molecular complexity index is 1320. The summed E-state index contributed by atoms with van der Waals surface area (Å²) in [5, 5.41) is 12.0. The van der Waals surface area contributed by atoms with Crippen molar-refractivity contribution in [3.05, 3.63) is 48.0 Å². The number of hydrogen-bond donors (Lipinski definition) is 1. The van der Waals surface area contributed by atoms with E-state index in [-0.39, 0.29) is 0 Å². The first-order valence-electron chi connectivity index (χ1n) is 9.99. The molecule has 8 heteroatoms. The molecule has 1 aliphatic heterocycles. The van der Waals surface area contributed by atoms with Gasteiger partial charge in [0.25, 0.3) is 5.91 Å². The number of benzene rings is 1. The average Bonchev–Trinajstić information content (AvgIpc) is 3.01. The highest BCUT2D eigenvalue weighted by Gasteiger charge is 2.20. The first kappa shape index (κ1) is 18.3. The summed E-state index contributed by atoms with van der Waals surface area (Å²) in [5.74, 6) is 0.449. The zero-order valence-corrected chi connectivity index (χ0v) is 16.7. The minimum absolute atomic E-state index is 0.353. The second-order valence-electron chi connectivity index (χ2n) is 7.61. The number of aromatic nitrogens is 3. The molecule has 1 aromatic carbocycles. The van der Waals surface area contributed by atoms with E-state index in [9.17, 15) is 4.79 Å². The Morgan fingerprint density at radius 2 is 1.93 bits per heavy atom. The van der Waals surface area contributed by atoms with Crippen LogP contribution in [0.4, 0.5) is 5.82 Å². The number of nitrogens with zero attached hydrogens (tertiary/aromatic N) is 6. The van der Waals surface area contributed by atoms with E-state index in [1.165, 1.54) is 0 Å². The van der Waals surface area contributed by atoms with Crippen LogP contribution in [-0.2, 0) is 0 Å². The summed E-state index contributed by atoms with van der Waals surface area (Å²) in [6.07, 6.45) is 2.80. The molecule has 1 saturated heterocycles. The number of carbonyl (C=O) groups excluding carboxylic acids is 1. The van der Waals surface area contributed by atoms with Crippen LogP contribution in [0.2, 0.25) is 0 Å². The molecule has 0 spiro atoms. The van der Waals surface area contributed by atoms with E-state index < -0.39 is 5.91 Å². The minimum Gasteiger partial charge on any atom is -0.355 e. The lowest BCUT2D eigenvalue weighted by molar-refractivity contribution is 0.0974. The Labute approximate surface area is 173 Å². The zero-order valence-electron chi connectivity index (χ0n) is 16.7. The van der Waals surface area contributed by atoms with Gasteiger partial charge in [-0.25, -0.2) is 9.97 Å². The number of anilines is 1. The molecule has 4 heterocycles. The molecule has 0 bridgehead atoms. The van der Waals surface area contributed by atoms with Crippen LogP contribution in [0.5, 0.6) is 0 Å². The van der Waals surface area contributed by atoms with Crippen LogP contribution in [0, 0.1) is 11.5 Å². The molecule has 5 rings (SSSR count). The van der Waals surface area contributed by atoms with Crippen molar-refractivity contribution in [3.8, 4) is 6.19 Å². The van der Waals surface area contributed by atoms with E-state index in [0.717, 1.165) is 60.5 Å².